The van der Waals surface area contributed by atoms with Gasteiger partial charge in [0.2, 0.25) is 10.0 Å². The Morgan fingerprint density at radius 3 is 2.52 bits per heavy atom. The molecule has 2 aliphatic rings. The van der Waals surface area contributed by atoms with Crippen molar-refractivity contribution in [3.8, 4) is 33.6 Å². The van der Waals surface area contributed by atoms with Crippen LogP contribution >= 0.6 is 22.9 Å². The van der Waals surface area contributed by atoms with Crippen molar-refractivity contribution < 1.29 is 13.2 Å². The van der Waals surface area contributed by atoms with Crippen LogP contribution in [0.4, 0.5) is 0 Å². The van der Waals surface area contributed by atoms with E-state index in [2.05, 4.69) is 14.9 Å². The van der Waals surface area contributed by atoms with Gasteiger partial charge in [0.25, 0.3) is 5.91 Å². The Balaban J connectivity index is 1.13. The standard InChI is InChI=1S/C38H41ClN6O3S2/c1-26(38-41-34(25-49-38)27-10-4-3-5-11-27)40-37(46)30-13-8-12-28(22-30)31-23-29(14-15-33(31)39)36-32-24-44(50(2,47)48)21-16-35(32)45(42-36)20-9-19-43-17-6-7-18-43/h3-5,8,10-15,22-23,25-26H,6-7,9,16-21,24H2,1-2H3,(H,40,46)/t26-/m0/s1. The molecule has 12 heteroatoms. The number of nitrogens with zero attached hydrogens (tertiary/aromatic N) is 5. The van der Waals surface area contributed by atoms with Gasteiger partial charge < -0.3 is 10.2 Å². The summed E-state index contributed by atoms with van der Waals surface area (Å²) in [5, 5.41) is 11.6. The van der Waals surface area contributed by atoms with E-state index in [4.69, 9.17) is 21.7 Å². The lowest BCUT2D eigenvalue weighted by atomic mass is 9.97. The first-order valence-electron chi connectivity index (χ1n) is 17.1. The Bertz CT molecular complexity index is 2110. The van der Waals surface area contributed by atoms with Gasteiger partial charge in [-0.2, -0.15) is 9.40 Å². The second-order valence-electron chi connectivity index (χ2n) is 13.2. The predicted molar refractivity (Wildman–Crippen MR) is 201 cm³/mol. The molecular formula is C38H41ClN6O3S2. The normalized spacial score (nSPS) is 16.0. The highest BCUT2D eigenvalue weighted by atomic mass is 35.5. The number of carbonyl (C=O) groups excluding carboxylic acids is 1. The summed E-state index contributed by atoms with van der Waals surface area (Å²) in [6, 6.07) is 22.9. The van der Waals surface area contributed by atoms with Crippen LogP contribution < -0.4 is 5.32 Å². The van der Waals surface area contributed by atoms with Crippen LogP contribution in [0.2, 0.25) is 5.02 Å². The molecule has 0 aliphatic carbocycles. The van der Waals surface area contributed by atoms with Gasteiger partial charge in [-0.3, -0.25) is 9.48 Å². The van der Waals surface area contributed by atoms with Crippen molar-refractivity contribution in [2.45, 2.75) is 51.7 Å². The van der Waals surface area contributed by atoms with Crippen LogP contribution in [-0.2, 0) is 29.5 Å². The van der Waals surface area contributed by atoms with Crippen LogP contribution in [0.5, 0.6) is 0 Å². The molecule has 4 heterocycles. The van der Waals surface area contributed by atoms with Crippen molar-refractivity contribution in [3.63, 3.8) is 0 Å². The molecule has 9 nitrogen and oxygen atoms in total. The molecule has 0 spiro atoms. The van der Waals surface area contributed by atoms with E-state index >= 15 is 0 Å². The zero-order valence-corrected chi connectivity index (χ0v) is 30.7. The number of amides is 1. The number of likely N-dealkylation sites (tertiary alicyclic amines) is 1. The van der Waals surface area contributed by atoms with Gasteiger partial charge in [0, 0.05) is 70.0 Å². The van der Waals surface area contributed by atoms with Crippen molar-refractivity contribution >= 4 is 38.9 Å². The summed E-state index contributed by atoms with van der Waals surface area (Å²) in [5.41, 5.74) is 7.68. The first-order chi connectivity index (χ1) is 24.1. The highest BCUT2D eigenvalue weighted by molar-refractivity contribution is 7.88. The molecule has 0 saturated carbocycles. The number of benzene rings is 3. The summed E-state index contributed by atoms with van der Waals surface area (Å²) in [6.07, 6.45) is 5.39. The van der Waals surface area contributed by atoms with Gasteiger partial charge in [-0.25, -0.2) is 13.4 Å². The Morgan fingerprint density at radius 2 is 1.74 bits per heavy atom. The number of fused-ring (bicyclic) bond motifs is 1. The second-order valence-corrected chi connectivity index (χ2v) is 16.4. The van der Waals surface area contributed by atoms with E-state index in [0.29, 0.717) is 23.6 Å². The summed E-state index contributed by atoms with van der Waals surface area (Å²) in [7, 11) is -3.37. The fraction of sp³-hybridized carbons (Fsp3) is 0.342. The van der Waals surface area contributed by atoms with Gasteiger partial charge in [0.15, 0.2) is 0 Å². The smallest absolute Gasteiger partial charge is 0.251 e. The number of aromatic nitrogens is 3. The molecule has 5 aromatic rings. The fourth-order valence-electron chi connectivity index (χ4n) is 6.91. The number of halogens is 1. The topological polar surface area (TPSA) is 100 Å². The van der Waals surface area contributed by atoms with Crippen LogP contribution in [0.15, 0.2) is 78.2 Å². The molecule has 1 atom stereocenters. The molecule has 7 rings (SSSR count). The first-order valence-corrected chi connectivity index (χ1v) is 20.2. The van der Waals surface area contributed by atoms with E-state index in [-0.39, 0.29) is 18.5 Å². The zero-order valence-electron chi connectivity index (χ0n) is 28.3. The van der Waals surface area contributed by atoms with Gasteiger partial charge in [-0.15, -0.1) is 11.3 Å². The zero-order chi connectivity index (χ0) is 34.8. The van der Waals surface area contributed by atoms with Gasteiger partial charge in [0.05, 0.1) is 23.7 Å². The molecule has 2 aromatic heterocycles. The fourth-order valence-corrected chi connectivity index (χ4v) is 8.76. The third-order valence-corrected chi connectivity index (χ3v) is 12.2. The minimum absolute atomic E-state index is 0.203. The average molecular weight is 729 g/mol. The lowest BCUT2D eigenvalue weighted by Gasteiger charge is -2.26. The maximum Gasteiger partial charge on any atom is 0.251 e. The summed E-state index contributed by atoms with van der Waals surface area (Å²) in [4.78, 5) is 20.7. The molecule has 1 saturated heterocycles. The molecule has 50 heavy (non-hydrogen) atoms. The summed E-state index contributed by atoms with van der Waals surface area (Å²) in [5.74, 6) is -0.203. The number of hydrogen-bond donors (Lipinski definition) is 1. The molecule has 1 amide bonds. The number of rotatable bonds is 11. The number of sulfonamides is 1. The predicted octanol–water partition coefficient (Wildman–Crippen LogP) is 7.29. The molecule has 0 radical (unpaired) electrons. The molecule has 2 aliphatic heterocycles. The van der Waals surface area contributed by atoms with E-state index in [1.54, 1.807) is 6.07 Å². The van der Waals surface area contributed by atoms with E-state index < -0.39 is 10.0 Å². The summed E-state index contributed by atoms with van der Waals surface area (Å²) in [6.45, 7) is 6.79. The van der Waals surface area contributed by atoms with Crippen LogP contribution in [-0.4, -0.2) is 70.7 Å². The van der Waals surface area contributed by atoms with Gasteiger partial charge >= 0.3 is 0 Å². The van der Waals surface area contributed by atoms with E-state index in [1.807, 2.05) is 79.0 Å². The summed E-state index contributed by atoms with van der Waals surface area (Å²) < 4.78 is 28.8. The highest BCUT2D eigenvalue weighted by Crippen LogP contribution is 2.37. The third-order valence-electron chi connectivity index (χ3n) is 9.60. The molecule has 260 valence electrons. The first kappa shape index (κ1) is 34.6. The van der Waals surface area contributed by atoms with Gasteiger partial charge in [-0.05, 0) is 75.6 Å². The van der Waals surface area contributed by atoms with Crippen LogP contribution in [0.3, 0.4) is 0 Å². The van der Waals surface area contributed by atoms with Gasteiger partial charge in [-0.1, -0.05) is 60.1 Å². The van der Waals surface area contributed by atoms with E-state index in [9.17, 15) is 13.2 Å². The Morgan fingerprint density at radius 1 is 0.960 bits per heavy atom. The van der Waals surface area contributed by atoms with Crippen molar-refractivity contribution in [1.29, 1.82) is 0 Å². The van der Waals surface area contributed by atoms with Crippen LogP contribution in [0.25, 0.3) is 33.6 Å². The molecule has 1 N–H and O–H groups in total. The van der Waals surface area contributed by atoms with Gasteiger partial charge in [0.1, 0.15) is 5.01 Å². The lowest BCUT2D eigenvalue weighted by Crippen LogP contribution is -2.35. The second kappa shape index (κ2) is 14.8. The lowest BCUT2D eigenvalue weighted by molar-refractivity contribution is 0.0940. The minimum Gasteiger partial charge on any atom is -0.343 e. The minimum atomic E-state index is -3.37. The largest absolute Gasteiger partial charge is 0.343 e. The molecule has 1 fully saturated rings. The third kappa shape index (κ3) is 7.57. The van der Waals surface area contributed by atoms with Crippen molar-refractivity contribution in [3.05, 3.63) is 105 Å². The Hall–Kier alpha value is -3.87. The van der Waals surface area contributed by atoms with E-state index in [0.717, 1.165) is 82.5 Å². The number of carbonyl (C=O) groups is 1. The number of thiazole rings is 1. The average Bonchev–Trinajstić information content (AvgIpc) is 3.90. The molecule has 3 aromatic carbocycles. The van der Waals surface area contributed by atoms with Crippen LogP contribution in [0, 0.1) is 0 Å². The monoisotopic (exact) mass is 728 g/mol. The SMILES string of the molecule is C[C@H](NC(=O)c1cccc(-c2cc(-c3nn(CCCN4CCCC4)c4c3CN(S(C)(=O)=O)CC4)ccc2Cl)c1)c1nc(-c2ccccc2)cs1. The Kier molecular flexibility index (Phi) is 10.2. The number of aryl methyl sites for hydroxylation is 1. The quantitative estimate of drug-likeness (QED) is 0.153. The number of nitrogens with one attached hydrogen (secondary N) is 1. The summed E-state index contributed by atoms with van der Waals surface area (Å²) >= 11 is 8.33. The van der Waals surface area contributed by atoms with Crippen LogP contribution in [0.1, 0.15) is 58.9 Å². The molecular weight excluding hydrogens is 688 g/mol. The van der Waals surface area contributed by atoms with E-state index in [1.165, 1.54) is 34.7 Å². The molecule has 0 bridgehead atoms. The maximum atomic E-state index is 13.5. The highest BCUT2D eigenvalue weighted by Gasteiger charge is 2.30. The van der Waals surface area contributed by atoms with Crippen molar-refractivity contribution in [1.82, 2.24) is 29.3 Å². The maximum absolute atomic E-state index is 13.5. The number of hydrogen-bond acceptors (Lipinski definition) is 7. The molecule has 0 unspecified atom stereocenters. The van der Waals surface area contributed by atoms with Crippen molar-refractivity contribution in [2.75, 3.05) is 32.4 Å². The Labute approximate surface area is 303 Å². The van der Waals surface area contributed by atoms with Crippen molar-refractivity contribution in [2.24, 2.45) is 0 Å².